The molecular formula is C14H15N7O4S2. The van der Waals surface area contributed by atoms with Crippen LogP contribution in [-0.2, 0) is 15.8 Å². The van der Waals surface area contributed by atoms with Crippen LogP contribution >= 0.6 is 11.8 Å². The van der Waals surface area contributed by atoms with Crippen LogP contribution in [0.4, 0.5) is 5.69 Å². The minimum absolute atomic E-state index is 0.0172. The van der Waals surface area contributed by atoms with Crippen molar-refractivity contribution in [2.24, 2.45) is 10.1 Å². The number of hydrogen-bond donors (Lipinski definition) is 4. The van der Waals surface area contributed by atoms with E-state index < -0.39 is 16.9 Å². The summed E-state index contributed by atoms with van der Waals surface area (Å²) in [5.74, 6) is -0.302. The summed E-state index contributed by atoms with van der Waals surface area (Å²) in [6.07, 6.45) is 0. The van der Waals surface area contributed by atoms with E-state index in [-0.39, 0.29) is 23.8 Å². The van der Waals surface area contributed by atoms with Gasteiger partial charge in [0.25, 0.3) is 0 Å². The van der Waals surface area contributed by atoms with E-state index in [1.165, 1.54) is 17.8 Å². The van der Waals surface area contributed by atoms with E-state index in [9.17, 15) is 14.2 Å². The van der Waals surface area contributed by atoms with E-state index in [1.54, 1.807) is 18.2 Å². The smallest absolute Gasteiger partial charge is 0.234 e. The first-order chi connectivity index (χ1) is 13.0. The van der Waals surface area contributed by atoms with Crippen molar-refractivity contribution in [3.05, 3.63) is 35.5 Å². The largest absolute Gasteiger partial charge is 0.354 e. The molecule has 11 nitrogen and oxygen atoms in total. The molecule has 27 heavy (non-hydrogen) atoms. The van der Waals surface area contributed by atoms with Gasteiger partial charge in [0.15, 0.2) is 16.6 Å². The number of rotatable bonds is 8. The number of thioether (sulfide) groups is 1. The average Bonchev–Trinajstić information content (AvgIpc) is 3.11. The summed E-state index contributed by atoms with van der Waals surface area (Å²) in [4.78, 5) is 15.6. The molecule has 1 atom stereocenters. The fourth-order valence-corrected chi connectivity index (χ4v) is 2.96. The van der Waals surface area contributed by atoms with Crippen LogP contribution in [0.25, 0.3) is 0 Å². The van der Waals surface area contributed by atoms with Gasteiger partial charge in [-0.05, 0) is 28.5 Å². The lowest BCUT2D eigenvalue weighted by Gasteiger charge is -2.04. The van der Waals surface area contributed by atoms with Crippen LogP contribution in [0.1, 0.15) is 11.3 Å². The molecule has 2 rings (SSSR count). The first-order valence-corrected chi connectivity index (χ1v) is 9.74. The number of aromatic nitrogens is 2. The molecule has 5 N–H and O–H groups in total. The number of hydrogen-bond acceptors (Lipinski definition) is 9. The van der Waals surface area contributed by atoms with Gasteiger partial charge >= 0.3 is 0 Å². The van der Waals surface area contributed by atoms with Gasteiger partial charge in [-0.2, -0.15) is 5.26 Å². The molecule has 0 aliphatic heterocycles. The highest BCUT2D eigenvalue weighted by Crippen LogP contribution is 2.21. The van der Waals surface area contributed by atoms with Crippen LogP contribution in [0.5, 0.6) is 0 Å². The Balaban J connectivity index is 2.03. The molecule has 0 saturated carbocycles. The molecular weight excluding hydrogens is 394 g/mol. The van der Waals surface area contributed by atoms with Crippen LogP contribution in [0.2, 0.25) is 0 Å². The van der Waals surface area contributed by atoms with E-state index in [2.05, 4.69) is 20.6 Å². The van der Waals surface area contributed by atoms with E-state index in [1.807, 2.05) is 11.5 Å². The number of benzene rings is 1. The van der Waals surface area contributed by atoms with Crippen LogP contribution in [-0.4, -0.2) is 49.5 Å². The van der Waals surface area contributed by atoms with Crippen molar-refractivity contribution in [2.45, 2.75) is 5.03 Å². The Labute approximate surface area is 160 Å². The van der Waals surface area contributed by atoms with E-state index >= 15 is 0 Å². The SMILES string of the molecule is N#Cc1cccc(N=C(NO)c2nonc2SCCNC(=O)CS(N)=O)c1. The average molecular weight is 409 g/mol. The number of amidine groups is 1. The van der Waals surface area contributed by atoms with Crippen molar-refractivity contribution in [3.63, 3.8) is 0 Å². The van der Waals surface area contributed by atoms with Crippen molar-refractivity contribution in [1.82, 2.24) is 21.1 Å². The van der Waals surface area contributed by atoms with Crippen molar-refractivity contribution in [2.75, 3.05) is 18.1 Å². The highest BCUT2D eigenvalue weighted by molar-refractivity contribution is 7.99. The Morgan fingerprint density at radius 2 is 2.30 bits per heavy atom. The minimum Gasteiger partial charge on any atom is -0.354 e. The third kappa shape index (κ3) is 6.46. The van der Waals surface area contributed by atoms with Gasteiger partial charge in [0, 0.05) is 12.3 Å². The molecule has 0 fully saturated rings. The maximum Gasteiger partial charge on any atom is 0.234 e. The molecule has 0 bridgehead atoms. The summed E-state index contributed by atoms with van der Waals surface area (Å²) in [6.45, 7) is 0.274. The third-order valence-electron chi connectivity index (χ3n) is 2.94. The molecule has 0 aliphatic rings. The second-order valence-corrected chi connectivity index (χ2v) is 7.01. The van der Waals surface area contributed by atoms with Crippen LogP contribution in [0.15, 0.2) is 38.9 Å². The van der Waals surface area contributed by atoms with E-state index in [0.29, 0.717) is 22.0 Å². The molecule has 1 aromatic heterocycles. The minimum atomic E-state index is -1.69. The topological polar surface area (TPSA) is 180 Å². The Bertz CT molecular complexity index is 894. The third-order valence-corrected chi connectivity index (χ3v) is 4.44. The van der Waals surface area contributed by atoms with Crippen molar-refractivity contribution >= 4 is 40.2 Å². The number of nitriles is 1. The Morgan fingerprint density at radius 1 is 1.48 bits per heavy atom. The lowest BCUT2D eigenvalue weighted by Crippen LogP contribution is -2.31. The molecule has 0 spiro atoms. The second-order valence-electron chi connectivity index (χ2n) is 4.88. The predicted molar refractivity (Wildman–Crippen MR) is 97.5 cm³/mol. The maximum atomic E-state index is 11.4. The Kier molecular flexibility index (Phi) is 7.89. The van der Waals surface area contributed by atoms with Crippen LogP contribution in [0, 0.1) is 11.3 Å². The number of amides is 1. The van der Waals surface area contributed by atoms with Gasteiger partial charge in [-0.3, -0.25) is 20.6 Å². The molecule has 1 amide bonds. The van der Waals surface area contributed by atoms with Gasteiger partial charge < -0.3 is 5.32 Å². The summed E-state index contributed by atoms with van der Waals surface area (Å²) in [5.41, 5.74) is 2.94. The summed E-state index contributed by atoms with van der Waals surface area (Å²) < 4.78 is 15.4. The molecule has 1 unspecified atom stereocenters. The van der Waals surface area contributed by atoms with Gasteiger partial charge in [0.05, 0.1) is 28.3 Å². The fraction of sp³-hybridized carbons (Fsp3) is 0.214. The number of aliphatic imine (C=N–C) groups is 1. The van der Waals surface area contributed by atoms with Crippen LogP contribution in [0.3, 0.4) is 0 Å². The van der Waals surface area contributed by atoms with Gasteiger partial charge in [-0.25, -0.2) is 13.8 Å². The maximum absolute atomic E-state index is 11.4. The molecule has 0 saturated heterocycles. The summed E-state index contributed by atoms with van der Waals surface area (Å²) in [5, 5.41) is 33.7. The number of nitrogens with one attached hydrogen (secondary N) is 2. The highest BCUT2D eigenvalue weighted by Gasteiger charge is 2.17. The fourth-order valence-electron chi connectivity index (χ4n) is 1.84. The standard InChI is InChI=1S/C14H15N7O4S2/c15-7-9-2-1-3-10(6-9)18-13(19-23)12-14(21-25-20-12)26-5-4-17-11(22)8-27(16)24/h1-3,6,23H,4-5,8,16H2,(H,17,22)(H,18,19). The quantitative estimate of drug-likeness (QED) is 0.151. The second kappa shape index (κ2) is 10.4. The zero-order valence-corrected chi connectivity index (χ0v) is 15.4. The zero-order valence-electron chi connectivity index (χ0n) is 13.8. The normalized spacial score (nSPS) is 12.3. The first-order valence-electron chi connectivity index (χ1n) is 7.37. The highest BCUT2D eigenvalue weighted by atomic mass is 32.2. The molecule has 1 heterocycles. The number of carbonyl (C=O) groups excluding carboxylic acids is 1. The summed E-state index contributed by atoms with van der Waals surface area (Å²) in [6, 6.07) is 8.46. The van der Waals surface area contributed by atoms with Crippen molar-refractivity contribution < 1.29 is 18.8 Å². The van der Waals surface area contributed by atoms with Crippen LogP contribution < -0.4 is 15.9 Å². The number of nitrogens with zero attached hydrogens (tertiary/aromatic N) is 4. The molecule has 142 valence electrons. The predicted octanol–water partition coefficient (Wildman–Crippen LogP) is -0.171. The lowest BCUT2D eigenvalue weighted by atomic mass is 10.2. The van der Waals surface area contributed by atoms with Crippen molar-refractivity contribution in [3.8, 4) is 6.07 Å². The molecule has 2 aromatic rings. The number of hydroxylamine groups is 1. The Hall–Kier alpha value is -2.79. The van der Waals surface area contributed by atoms with Gasteiger partial charge in [-0.1, -0.05) is 17.8 Å². The van der Waals surface area contributed by atoms with Gasteiger partial charge in [-0.15, -0.1) is 0 Å². The monoisotopic (exact) mass is 409 g/mol. The number of nitrogens with two attached hydrogens (primary N) is 1. The van der Waals surface area contributed by atoms with E-state index in [0.717, 1.165) is 0 Å². The van der Waals surface area contributed by atoms with Crippen molar-refractivity contribution in [1.29, 1.82) is 5.26 Å². The first kappa shape index (κ1) is 20.5. The Morgan fingerprint density at radius 3 is 3.00 bits per heavy atom. The van der Waals surface area contributed by atoms with E-state index in [4.69, 9.17) is 15.0 Å². The van der Waals surface area contributed by atoms with Gasteiger partial charge in [0.2, 0.25) is 5.91 Å². The molecule has 0 radical (unpaired) electrons. The molecule has 0 aliphatic carbocycles. The lowest BCUT2D eigenvalue weighted by molar-refractivity contribution is -0.118. The zero-order chi connectivity index (χ0) is 19.6. The summed E-state index contributed by atoms with van der Waals surface area (Å²) in [7, 11) is -1.69. The molecule has 13 heteroatoms. The number of carbonyl (C=O) groups is 1. The van der Waals surface area contributed by atoms with Gasteiger partial charge in [0.1, 0.15) is 5.75 Å². The molecule has 1 aromatic carbocycles. The summed E-state index contributed by atoms with van der Waals surface area (Å²) >= 11 is 1.20.